The lowest BCUT2D eigenvalue weighted by Gasteiger charge is -2.21. The van der Waals surface area contributed by atoms with E-state index < -0.39 is 0 Å². The van der Waals surface area contributed by atoms with Gasteiger partial charge in [0.25, 0.3) is 5.91 Å². The highest BCUT2D eigenvalue weighted by Crippen LogP contribution is 2.37. The maximum atomic E-state index is 13.1. The van der Waals surface area contributed by atoms with Crippen molar-refractivity contribution in [2.75, 3.05) is 25.5 Å². The van der Waals surface area contributed by atoms with Crippen molar-refractivity contribution in [1.29, 1.82) is 0 Å². The molecule has 0 radical (unpaired) electrons. The van der Waals surface area contributed by atoms with E-state index in [-0.39, 0.29) is 11.7 Å². The summed E-state index contributed by atoms with van der Waals surface area (Å²) in [5, 5.41) is 13.6. The van der Waals surface area contributed by atoms with E-state index in [1.54, 1.807) is 30.4 Å². The van der Waals surface area contributed by atoms with Gasteiger partial charge in [-0.15, -0.1) is 0 Å². The Bertz CT molecular complexity index is 1010. The molecule has 3 aromatic rings. The first kappa shape index (κ1) is 17.9. The number of rotatable bonds is 3. The molecular formula is C22H21N3O3. The van der Waals surface area contributed by atoms with E-state index >= 15 is 0 Å². The number of nitrogens with one attached hydrogen (secondary N) is 1. The lowest BCUT2D eigenvalue weighted by Crippen LogP contribution is -2.32. The summed E-state index contributed by atoms with van der Waals surface area (Å²) in [6, 6.07) is 14.8. The summed E-state index contributed by atoms with van der Waals surface area (Å²) in [7, 11) is 1.80. The van der Waals surface area contributed by atoms with Crippen LogP contribution in [-0.4, -0.2) is 41.1 Å². The average Bonchev–Trinajstić information content (AvgIpc) is 2.96. The minimum atomic E-state index is -0.0762. The van der Waals surface area contributed by atoms with Crippen molar-refractivity contribution in [3.63, 3.8) is 0 Å². The van der Waals surface area contributed by atoms with Crippen molar-refractivity contribution in [2.24, 2.45) is 0 Å². The molecule has 1 aromatic heterocycles. The fourth-order valence-corrected chi connectivity index (χ4v) is 3.43. The van der Waals surface area contributed by atoms with Gasteiger partial charge in [-0.2, -0.15) is 0 Å². The molecule has 1 aliphatic rings. The van der Waals surface area contributed by atoms with Gasteiger partial charge in [-0.1, -0.05) is 18.2 Å². The highest BCUT2D eigenvalue weighted by atomic mass is 16.5. The van der Waals surface area contributed by atoms with Crippen molar-refractivity contribution in [3.8, 4) is 22.6 Å². The van der Waals surface area contributed by atoms with Crippen LogP contribution >= 0.6 is 0 Å². The number of carbonyl (C=O) groups excluding carboxylic acids is 1. The fourth-order valence-electron chi connectivity index (χ4n) is 3.43. The minimum Gasteiger partial charge on any atom is -0.504 e. The molecule has 0 unspecified atom stereocenters. The number of phenols is 1. The molecule has 0 bridgehead atoms. The molecule has 0 spiro atoms. The van der Waals surface area contributed by atoms with Crippen molar-refractivity contribution in [1.82, 2.24) is 9.88 Å². The monoisotopic (exact) mass is 375 g/mol. The predicted octanol–water partition coefficient (Wildman–Crippen LogP) is 3.53. The molecule has 0 fully saturated rings. The van der Waals surface area contributed by atoms with E-state index in [1.807, 2.05) is 42.5 Å². The topological polar surface area (TPSA) is 74.7 Å². The second-order valence-corrected chi connectivity index (χ2v) is 6.60. The predicted molar refractivity (Wildman–Crippen MR) is 108 cm³/mol. The molecule has 0 atom stereocenters. The zero-order chi connectivity index (χ0) is 19.5. The Morgan fingerprint density at radius 2 is 2.04 bits per heavy atom. The van der Waals surface area contributed by atoms with Gasteiger partial charge in [0.2, 0.25) is 0 Å². The summed E-state index contributed by atoms with van der Waals surface area (Å²) >= 11 is 0. The number of amides is 1. The van der Waals surface area contributed by atoms with Gasteiger partial charge in [-0.25, -0.2) is 0 Å². The summed E-state index contributed by atoms with van der Waals surface area (Å²) < 4.78 is 5.77. The molecule has 0 saturated carbocycles. The number of ether oxygens (including phenoxy) is 1. The molecule has 2 heterocycles. The van der Waals surface area contributed by atoms with E-state index in [4.69, 9.17) is 4.74 Å². The van der Waals surface area contributed by atoms with E-state index in [0.29, 0.717) is 31.0 Å². The van der Waals surface area contributed by atoms with Crippen LogP contribution in [0.2, 0.25) is 0 Å². The number of phenolic OH excluding ortho intramolecular Hbond substituents is 1. The smallest absolute Gasteiger partial charge is 0.256 e. The number of pyridine rings is 1. The van der Waals surface area contributed by atoms with Crippen LogP contribution in [0.4, 0.5) is 5.69 Å². The van der Waals surface area contributed by atoms with Crippen molar-refractivity contribution in [3.05, 3.63) is 72.1 Å². The maximum absolute atomic E-state index is 13.1. The Hall–Kier alpha value is -3.54. The largest absolute Gasteiger partial charge is 0.504 e. The number of fused-ring (bicyclic) bond motifs is 1. The van der Waals surface area contributed by atoms with E-state index in [2.05, 4.69) is 10.3 Å². The van der Waals surface area contributed by atoms with Gasteiger partial charge in [0.1, 0.15) is 6.61 Å². The molecule has 1 aliphatic heterocycles. The third-order valence-electron chi connectivity index (χ3n) is 4.82. The second kappa shape index (κ2) is 7.60. The highest BCUT2D eigenvalue weighted by Gasteiger charge is 2.25. The molecule has 4 rings (SSSR count). The Labute approximate surface area is 163 Å². The van der Waals surface area contributed by atoms with Crippen LogP contribution in [0.25, 0.3) is 11.1 Å². The molecule has 142 valence electrons. The zero-order valence-corrected chi connectivity index (χ0v) is 15.6. The first-order chi connectivity index (χ1) is 13.7. The molecule has 6 heteroatoms. The Balaban J connectivity index is 1.69. The average molecular weight is 375 g/mol. The van der Waals surface area contributed by atoms with Gasteiger partial charge < -0.3 is 20.1 Å². The first-order valence-electron chi connectivity index (χ1n) is 9.12. The van der Waals surface area contributed by atoms with Gasteiger partial charge in [-0.05, 0) is 35.9 Å². The highest BCUT2D eigenvalue weighted by molar-refractivity contribution is 5.99. The van der Waals surface area contributed by atoms with E-state index in [9.17, 15) is 9.90 Å². The summed E-state index contributed by atoms with van der Waals surface area (Å²) in [6.45, 7) is 1.11. The number of benzene rings is 2. The maximum Gasteiger partial charge on any atom is 0.256 e. The molecule has 0 aliphatic carbocycles. The molecule has 6 nitrogen and oxygen atoms in total. The normalized spacial score (nSPS) is 13.2. The minimum absolute atomic E-state index is 0.0706. The zero-order valence-electron chi connectivity index (χ0n) is 15.6. The summed E-state index contributed by atoms with van der Waals surface area (Å²) in [5.74, 6) is 0.429. The molecule has 2 aromatic carbocycles. The van der Waals surface area contributed by atoms with Crippen LogP contribution in [0.3, 0.4) is 0 Å². The van der Waals surface area contributed by atoms with Crippen LogP contribution in [0.15, 0.2) is 60.9 Å². The van der Waals surface area contributed by atoms with Crippen LogP contribution in [0.1, 0.15) is 15.9 Å². The Morgan fingerprint density at radius 1 is 1.18 bits per heavy atom. The Morgan fingerprint density at radius 3 is 2.82 bits per heavy atom. The fraction of sp³-hybridized carbons (Fsp3) is 0.182. The number of carbonyl (C=O) groups is 1. The third kappa shape index (κ3) is 3.36. The van der Waals surface area contributed by atoms with Gasteiger partial charge in [0.15, 0.2) is 11.5 Å². The van der Waals surface area contributed by atoms with Crippen LogP contribution in [0.5, 0.6) is 11.5 Å². The van der Waals surface area contributed by atoms with Crippen molar-refractivity contribution in [2.45, 2.75) is 6.54 Å². The Kier molecular flexibility index (Phi) is 4.85. The number of anilines is 1. The number of aromatic hydroxyl groups is 1. The van der Waals surface area contributed by atoms with Gasteiger partial charge in [0, 0.05) is 42.8 Å². The first-order valence-corrected chi connectivity index (χ1v) is 9.12. The van der Waals surface area contributed by atoms with Gasteiger partial charge in [0.05, 0.1) is 12.1 Å². The quantitative estimate of drug-likeness (QED) is 0.733. The summed E-state index contributed by atoms with van der Waals surface area (Å²) in [4.78, 5) is 19.0. The number of hydrogen-bond donors (Lipinski definition) is 2. The number of para-hydroxylation sites is 1. The number of hydrogen-bond acceptors (Lipinski definition) is 5. The summed E-state index contributed by atoms with van der Waals surface area (Å²) in [6.07, 6.45) is 3.44. The molecular weight excluding hydrogens is 354 g/mol. The number of nitrogens with zero attached hydrogens (tertiary/aromatic N) is 2. The molecule has 0 saturated heterocycles. The third-order valence-corrected chi connectivity index (χ3v) is 4.82. The van der Waals surface area contributed by atoms with Crippen molar-refractivity contribution < 1.29 is 14.6 Å². The van der Waals surface area contributed by atoms with Crippen molar-refractivity contribution >= 4 is 11.6 Å². The van der Waals surface area contributed by atoms with Crippen LogP contribution < -0.4 is 10.1 Å². The van der Waals surface area contributed by atoms with Gasteiger partial charge in [-0.3, -0.25) is 9.78 Å². The molecule has 2 N–H and O–H groups in total. The lowest BCUT2D eigenvalue weighted by molar-refractivity contribution is 0.0734. The van der Waals surface area contributed by atoms with Crippen LogP contribution in [0, 0.1) is 0 Å². The molecule has 28 heavy (non-hydrogen) atoms. The molecule has 1 amide bonds. The summed E-state index contributed by atoms with van der Waals surface area (Å²) in [5.41, 5.74) is 3.89. The number of aromatic nitrogens is 1. The van der Waals surface area contributed by atoms with E-state index in [1.165, 1.54) is 0 Å². The standard InChI is InChI=1S/C22H21N3O3/c1-23-19-7-3-2-6-18(19)22(27)25-9-10-28-21-17(14-25)11-16(12-20(21)26)15-5-4-8-24-13-15/h2-8,11-13,23,26H,9-10,14H2,1H3. The van der Waals surface area contributed by atoms with E-state index in [0.717, 1.165) is 22.4 Å². The SMILES string of the molecule is CNc1ccccc1C(=O)N1CCOc2c(O)cc(-c3cccnc3)cc2C1. The lowest BCUT2D eigenvalue weighted by atomic mass is 10.0. The second-order valence-electron chi connectivity index (χ2n) is 6.60. The van der Waals surface area contributed by atoms with Crippen LogP contribution in [-0.2, 0) is 6.54 Å². The van der Waals surface area contributed by atoms with Gasteiger partial charge >= 0.3 is 0 Å².